The average molecular weight is 395 g/mol. The molecule has 7 heteroatoms. The van der Waals surface area contributed by atoms with E-state index in [1.54, 1.807) is 24.1 Å². The molecule has 2 aliphatic heterocycles. The van der Waals surface area contributed by atoms with Gasteiger partial charge in [0, 0.05) is 37.0 Å². The van der Waals surface area contributed by atoms with Gasteiger partial charge < -0.3 is 14.5 Å². The fraction of sp³-hybridized carbons (Fsp3) is 0.409. The predicted molar refractivity (Wildman–Crippen MR) is 106 cm³/mol. The summed E-state index contributed by atoms with van der Waals surface area (Å²) in [6, 6.07) is 7.53. The van der Waals surface area contributed by atoms with Gasteiger partial charge in [-0.15, -0.1) is 0 Å². The van der Waals surface area contributed by atoms with Gasteiger partial charge in [0.1, 0.15) is 12.3 Å². The second-order valence-corrected chi connectivity index (χ2v) is 8.19. The van der Waals surface area contributed by atoms with Gasteiger partial charge in [0.05, 0.1) is 12.1 Å². The number of anilines is 2. The maximum absolute atomic E-state index is 14.0. The third kappa shape index (κ3) is 3.14. The second-order valence-electron chi connectivity index (χ2n) is 8.19. The van der Waals surface area contributed by atoms with Crippen LogP contribution in [0, 0.1) is 0 Å². The van der Waals surface area contributed by atoms with Crippen LogP contribution in [0.4, 0.5) is 15.9 Å². The molecule has 0 saturated carbocycles. The van der Waals surface area contributed by atoms with Gasteiger partial charge in [-0.3, -0.25) is 9.59 Å². The van der Waals surface area contributed by atoms with Crippen LogP contribution < -0.4 is 9.64 Å². The summed E-state index contributed by atoms with van der Waals surface area (Å²) in [4.78, 5) is 32.6. The quantitative estimate of drug-likeness (QED) is 0.781. The van der Waals surface area contributed by atoms with Crippen LogP contribution in [-0.4, -0.2) is 53.5 Å². The number of carbonyl (C=O) groups excluding carboxylic acids is 2. The Hall–Kier alpha value is -2.96. The number of ether oxygens (including phenoxy) is 1. The minimum atomic E-state index is -1.20. The molecule has 0 radical (unpaired) electrons. The number of benzene rings is 1. The number of aromatic nitrogens is 1. The Morgan fingerprint density at radius 2 is 2.00 bits per heavy atom. The number of rotatable bonds is 2. The van der Waals surface area contributed by atoms with E-state index in [1.165, 1.54) is 0 Å². The van der Waals surface area contributed by atoms with Crippen molar-refractivity contribution in [2.75, 3.05) is 31.1 Å². The highest BCUT2D eigenvalue weighted by atomic mass is 19.1. The fourth-order valence-electron chi connectivity index (χ4n) is 4.15. The molecule has 29 heavy (non-hydrogen) atoms. The lowest BCUT2D eigenvalue weighted by Crippen LogP contribution is -2.43. The third-order valence-electron chi connectivity index (χ3n) is 6.05. The molecule has 0 spiro atoms. The van der Waals surface area contributed by atoms with E-state index >= 15 is 0 Å². The lowest BCUT2D eigenvalue weighted by atomic mass is 9.87. The van der Waals surface area contributed by atoms with Crippen LogP contribution >= 0.6 is 0 Å². The number of hydrogen-bond acceptors (Lipinski definition) is 5. The van der Waals surface area contributed by atoms with Gasteiger partial charge in [0.2, 0.25) is 0 Å². The van der Waals surface area contributed by atoms with Crippen molar-refractivity contribution in [3.05, 3.63) is 47.2 Å². The standard InChI is InChI=1S/C22H22FN3O3/c1-22(23)4-6-25(7-5-22)21(28)15-12-19-20(24-13-15)26(8-9-29-19)16-2-3-17-14(10-16)11-18(17)27/h2-3,10,12-13H,4-9,11H2,1H3. The summed E-state index contributed by atoms with van der Waals surface area (Å²) >= 11 is 0. The number of carbonyl (C=O) groups is 2. The molecule has 1 fully saturated rings. The van der Waals surface area contributed by atoms with E-state index in [-0.39, 0.29) is 11.7 Å². The second kappa shape index (κ2) is 6.54. The summed E-state index contributed by atoms with van der Waals surface area (Å²) in [6.45, 7) is 3.52. The number of hydrogen-bond donors (Lipinski definition) is 0. The van der Waals surface area contributed by atoms with E-state index in [0.717, 1.165) is 16.8 Å². The van der Waals surface area contributed by atoms with Crippen molar-refractivity contribution in [2.45, 2.75) is 31.9 Å². The molecule has 1 aromatic heterocycles. The zero-order chi connectivity index (χ0) is 20.2. The molecular weight excluding hydrogens is 373 g/mol. The van der Waals surface area contributed by atoms with E-state index in [1.807, 2.05) is 23.1 Å². The molecule has 1 aromatic carbocycles. The Morgan fingerprint density at radius 3 is 2.72 bits per heavy atom. The minimum absolute atomic E-state index is 0.143. The number of nitrogens with zero attached hydrogens (tertiary/aromatic N) is 3. The number of Topliss-reactive ketones (excluding diaryl/α,β-unsaturated/α-hetero) is 1. The van der Waals surface area contributed by atoms with Gasteiger partial charge in [-0.1, -0.05) is 0 Å². The van der Waals surface area contributed by atoms with Crippen LogP contribution in [0.3, 0.4) is 0 Å². The molecule has 1 amide bonds. The molecule has 150 valence electrons. The van der Waals surface area contributed by atoms with Crippen LogP contribution in [0.5, 0.6) is 5.75 Å². The van der Waals surface area contributed by atoms with Gasteiger partial charge in [-0.05, 0) is 49.6 Å². The monoisotopic (exact) mass is 395 g/mol. The summed E-state index contributed by atoms with van der Waals surface area (Å²) in [5.74, 6) is 1.26. The predicted octanol–water partition coefficient (Wildman–Crippen LogP) is 3.32. The summed E-state index contributed by atoms with van der Waals surface area (Å²) in [6.07, 6.45) is 2.75. The number of alkyl halides is 1. The summed E-state index contributed by atoms with van der Waals surface area (Å²) < 4.78 is 19.8. The number of amides is 1. The largest absolute Gasteiger partial charge is 0.488 e. The van der Waals surface area contributed by atoms with Crippen molar-refractivity contribution >= 4 is 23.2 Å². The zero-order valence-corrected chi connectivity index (χ0v) is 16.3. The first-order chi connectivity index (χ1) is 13.9. The molecule has 0 N–H and O–H groups in total. The van der Waals surface area contributed by atoms with Crippen molar-refractivity contribution in [2.24, 2.45) is 0 Å². The molecule has 0 atom stereocenters. The van der Waals surface area contributed by atoms with E-state index in [2.05, 4.69) is 4.98 Å². The Balaban J connectivity index is 1.39. The van der Waals surface area contributed by atoms with Crippen molar-refractivity contribution in [3.8, 4) is 5.75 Å². The van der Waals surface area contributed by atoms with Crippen molar-refractivity contribution in [1.82, 2.24) is 9.88 Å². The van der Waals surface area contributed by atoms with Crippen LogP contribution in [0.15, 0.2) is 30.5 Å². The molecule has 1 aliphatic carbocycles. The lowest BCUT2D eigenvalue weighted by Gasteiger charge is -2.34. The summed E-state index contributed by atoms with van der Waals surface area (Å²) in [5.41, 5.74) is 2.07. The smallest absolute Gasteiger partial charge is 0.255 e. The first kappa shape index (κ1) is 18.1. The van der Waals surface area contributed by atoms with Gasteiger partial charge in [0.15, 0.2) is 17.4 Å². The highest BCUT2D eigenvalue weighted by Gasteiger charge is 2.33. The molecular formula is C22H22FN3O3. The SMILES string of the molecule is CC1(F)CCN(C(=O)c2cnc3c(c2)OCCN3c2ccc3c(c2)CC3=O)CC1. The molecule has 3 aliphatic rings. The van der Waals surface area contributed by atoms with E-state index < -0.39 is 5.67 Å². The topological polar surface area (TPSA) is 62.7 Å². The highest BCUT2D eigenvalue weighted by Crippen LogP contribution is 2.37. The maximum Gasteiger partial charge on any atom is 0.255 e. The van der Waals surface area contributed by atoms with Crippen LogP contribution in [-0.2, 0) is 6.42 Å². The van der Waals surface area contributed by atoms with Crippen molar-refractivity contribution < 1.29 is 18.7 Å². The highest BCUT2D eigenvalue weighted by molar-refractivity contribution is 6.07. The maximum atomic E-state index is 14.0. The average Bonchev–Trinajstić information content (AvgIpc) is 2.71. The Morgan fingerprint density at radius 1 is 1.21 bits per heavy atom. The number of pyridine rings is 1. The minimum Gasteiger partial charge on any atom is -0.488 e. The van der Waals surface area contributed by atoms with E-state index in [4.69, 9.17) is 4.74 Å². The molecule has 5 rings (SSSR count). The first-order valence-electron chi connectivity index (χ1n) is 9.96. The van der Waals surface area contributed by atoms with E-state index in [9.17, 15) is 14.0 Å². The number of ketones is 1. The Kier molecular flexibility index (Phi) is 4.08. The Bertz CT molecular complexity index is 1010. The summed E-state index contributed by atoms with van der Waals surface area (Å²) in [7, 11) is 0. The van der Waals surface area contributed by atoms with Crippen LogP contribution in [0.25, 0.3) is 0 Å². The molecule has 6 nitrogen and oxygen atoms in total. The zero-order valence-electron chi connectivity index (χ0n) is 16.3. The van der Waals surface area contributed by atoms with Crippen LogP contribution in [0.2, 0.25) is 0 Å². The number of likely N-dealkylation sites (tertiary alicyclic amines) is 1. The summed E-state index contributed by atoms with van der Waals surface area (Å²) in [5, 5.41) is 0. The number of piperidine rings is 1. The molecule has 3 heterocycles. The van der Waals surface area contributed by atoms with Gasteiger partial charge >= 0.3 is 0 Å². The molecule has 2 aromatic rings. The van der Waals surface area contributed by atoms with Crippen molar-refractivity contribution in [1.29, 1.82) is 0 Å². The normalized spacial score (nSPS) is 19.7. The third-order valence-corrected chi connectivity index (χ3v) is 6.05. The van der Waals surface area contributed by atoms with Crippen LogP contribution in [0.1, 0.15) is 46.0 Å². The number of halogens is 1. The fourth-order valence-corrected chi connectivity index (χ4v) is 4.15. The van der Waals surface area contributed by atoms with Crippen molar-refractivity contribution in [3.63, 3.8) is 0 Å². The van der Waals surface area contributed by atoms with E-state index in [0.29, 0.717) is 62.6 Å². The van der Waals surface area contributed by atoms with Gasteiger partial charge in [-0.25, -0.2) is 9.37 Å². The molecule has 1 saturated heterocycles. The molecule has 0 unspecified atom stereocenters. The van der Waals surface area contributed by atoms with Gasteiger partial charge in [-0.2, -0.15) is 0 Å². The lowest BCUT2D eigenvalue weighted by molar-refractivity contribution is 0.0503. The number of fused-ring (bicyclic) bond motifs is 2. The Labute approximate surface area is 168 Å². The molecule has 0 bridgehead atoms. The van der Waals surface area contributed by atoms with Gasteiger partial charge in [0.25, 0.3) is 5.91 Å². The first-order valence-corrected chi connectivity index (χ1v) is 9.96.